The summed E-state index contributed by atoms with van der Waals surface area (Å²) in [5, 5.41) is 4.14. The highest BCUT2D eigenvalue weighted by Gasteiger charge is 2.41. The molecule has 15 heavy (non-hydrogen) atoms. The van der Waals surface area contributed by atoms with Crippen LogP contribution in [0.3, 0.4) is 0 Å². The number of oxime groups is 1. The van der Waals surface area contributed by atoms with Crippen molar-refractivity contribution in [1.29, 1.82) is 0 Å². The van der Waals surface area contributed by atoms with Gasteiger partial charge in [-0.2, -0.15) is 0 Å². The summed E-state index contributed by atoms with van der Waals surface area (Å²) in [6, 6.07) is 10.1. The van der Waals surface area contributed by atoms with Crippen LogP contribution in [0.5, 0.6) is 0 Å². The van der Waals surface area contributed by atoms with Crippen molar-refractivity contribution in [2.45, 2.75) is 20.0 Å². The minimum Gasteiger partial charge on any atom is -0.390 e. The van der Waals surface area contributed by atoms with E-state index in [1.807, 2.05) is 30.3 Å². The lowest BCUT2D eigenvalue weighted by Gasteiger charge is -2.24. The quantitative estimate of drug-likeness (QED) is 0.707. The average molecular weight is 224 g/mol. The van der Waals surface area contributed by atoms with E-state index in [-0.39, 0.29) is 11.5 Å². The molecule has 2 nitrogen and oxygen atoms in total. The lowest BCUT2D eigenvalue weighted by molar-refractivity contribution is 0.0537. The molecule has 80 valence electrons. The van der Waals surface area contributed by atoms with Crippen molar-refractivity contribution < 1.29 is 4.84 Å². The molecule has 1 atom stereocenters. The monoisotopic (exact) mass is 223 g/mol. The molecule has 1 aromatic carbocycles. The summed E-state index contributed by atoms with van der Waals surface area (Å²) < 4.78 is 0. The van der Waals surface area contributed by atoms with Crippen molar-refractivity contribution in [1.82, 2.24) is 0 Å². The van der Waals surface area contributed by atoms with Gasteiger partial charge in [0.2, 0.25) is 0 Å². The fourth-order valence-electron chi connectivity index (χ4n) is 1.76. The van der Waals surface area contributed by atoms with E-state index < -0.39 is 0 Å². The van der Waals surface area contributed by atoms with E-state index in [4.69, 9.17) is 16.4 Å². The van der Waals surface area contributed by atoms with Crippen molar-refractivity contribution in [3.63, 3.8) is 0 Å². The highest BCUT2D eigenvalue weighted by Crippen LogP contribution is 2.35. The highest BCUT2D eigenvalue weighted by molar-refractivity contribution is 6.19. The summed E-state index contributed by atoms with van der Waals surface area (Å²) in [7, 11) is 0. The third-order valence-corrected chi connectivity index (χ3v) is 3.15. The standard InChI is InChI=1S/C12H14ClNO/c1-12(2)10(8-13)15-14-11(12)9-6-4-3-5-7-9/h3-7,10H,8H2,1-2H3/t10-/m1/s1. The predicted molar refractivity (Wildman–Crippen MR) is 62.4 cm³/mol. The van der Waals surface area contributed by atoms with Gasteiger partial charge in [-0.25, -0.2) is 0 Å². The fraction of sp³-hybridized carbons (Fsp3) is 0.417. The number of hydrogen-bond donors (Lipinski definition) is 0. The largest absolute Gasteiger partial charge is 0.390 e. The summed E-state index contributed by atoms with van der Waals surface area (Å²) >= 11 is 5.85. The molecule has 0 amide bonds. The zero-order chi connectivity index (χ0) is 10.9. The van der Waals surface area contributed by atoms with Gasteiger partial charge in [0, 0.05) is 0 Å². The van der Waals surface area contributed by atoms with Gasteiger partial charge in [-0.15, -0.1) is 11.6 Å². The number of hydrogen-bond acceptors (Lipinski definition) is 2. The van der Waals surface area contributed by atoms with Gasteiger partial charge in [-0.3, -0.25) is 0 Å². The second kappa shape index (κ2) is 3.86. The summed E-state index contributed by atoms with van der Waals surface area (Å²) in [5.74, 6) is 0.465. The third-order valence-electron chi connectivity index (χ3n) is 2.87. The average Bonchev–Trinajstić information content (AvgIpc) is 2.54. The molecule has 2 rings (SSSR count). The van der Waals surface area contributed by atoms with Crippen molar-refractivity contribution in [2.75, 3.05) is 5.88 Å². The van der Waals surface area contributed by atoms with Gasteiger partial charge in [0.25, 0.3) is 0 Å². The van der Waals surface area contributed by atoms with Crippen molar-refractivity contribution >= 4 is 17.3 Å². The first-order valence-corrected chi connectivity index (χ1v) is 5.55. The van der Waals surface area contributed by atoms with E-state index in [2.05, 4.69) is 19.0 Å². The molecule has 0 saturated carbocycles. The molecule has 0 spiro atoms. The van der Waals surface area contributed by atoms with Gasteiger partial charge < -0.3 is 4.84 Å². The molecule has 0 unspecified atom stereocenters. The summed E-state index contributed by atoms with van der Waals surface area (Å²) in [4.78, 5) is 5.34. The molecule has 1 aliphatic heterocycles. The molecule has 0 saturated heterocycles. The number of halogens is 1. The Kier molecular flexibility index (Phi) is 2.70. The van der Waals surface area contributed by atoms with Crippen molar-refractivity contribution in [3.05, 3.63) is 35.9 Å². The number of rotatable bonds is 2. The Hall–Kier alpha value is -1.02. The zero-order valence-corrected chi connectivity index (χ0v) is 9.66. The first-order valence-electron chi connectivity index (χ1n) is 5.02. The second-order valence-electron chi connectivity index (χ2n) is 4.28. The minimum atomic E-state index is -0.122. The molecule has 0 radical (unpaired) electrons. The van der Waals surface area contributed by atoms with Gasteiger partial charge in [-0.1, -0.05) is 49.3 Å². The van der Waals surface area contributed by atoms with Crippen LogP contribution in [0.2, 0.25) is 0 Å². The Morgan fingerprint density at radius 2 is 2.00 bits per heavy atom. The normalized spacial score (nSPS) is 23.4. The SMILES string of the molecule is CC1(C)C(c2ccccc2)=NO[C@@H]1CCl. The van der Waals surface area contributed by atoms with E-state index >= 15 is 0 Å². The zero-order valence-electron chi connectivity index (χ0n) is 8.90. The fourth-order valence-corrected chi connectivity index (χ4v) is 2.20. The first kappa shape index (κ1) is 10.5. The molecule has 0 bridgehead atoms. The predicted octanol–water partition coefficient (Wildman–Crippen LogP) is 3.05. The van der Waals surface area contributed by atoms with Crippen molar-refractivity contribution in [2.24, 2.45) is 10.6 Å². The number of benzene rings is 1. The topological polar surface area (TPSA) is 21.6 Å². The maximum atomic E-state index is 5.85. The maximum Gasteiger partial charge on any atom is 0.151 e. The maximum absolute atomic E-state index is 5.85. The van der Waals surface area contributed by atoms with E-state index in [9.17, 15) is 0 Å². The van der Waals surface area contributed by atoms with Crippen LogP contribution in [-0.4, -0.2) is 17.7 Å². The molecular weight excluding hydrogens is 210 g/mol. The molecular formula is C12H14ClNO. The van der Waals surface area contributed by atoms with Crippen LogP contribution in [-0.2, 0) is 4.84 Å². The Labute approximate surface area is 94.9 Å². The summed E-state index contributed by atoms with van der Waals surface area (Å²) in [6.07, 6.45) is -0.0330. The Morgan fingerprint density at radius 3 is 2.53 bits per heavy atom. The third kappa shape index (κ3) is 1.74. The van der Waals surface area contributed by atoms with E-state index in [0.29, 0.717) is 5.88 Å². The summed E-state index contributed by atoms with van der Waals surface area (Å²) in [6.45, 7) is 4.22. The van der Waals surface area contributed by atoms with Crippen LogP contribution in [0.1, 0.15) is 19.4 Å². The molecule has 0 fully saturated rings. The highest BCUT2D eigenvalue weighted by atomic mass is 35.5. The molecule has 1 heterocycles. The number of alkyl halides is 1. The van der Waals surface area contributed by atoms with E-state index in [1.54, 1.807) is 0 Å². The first-order chi connectivity index (χ1) is 7.16. The summed E-state index contributed by atoms with van der Waals surface area (Å²) in [5.41, 5.74) is 1.96. The Bertz CT molecular complexity index is 372. The molecule has 0 N–H and O–H groups in total. The van der Waals surface area contributed by atoms with Crippen LogP contribution >= 0.6 is 11.6 Å². The van der Waals surface area contributed by atoms with Crippen LogP contribution in [0.25, 0.3) is 0 Å². The smallest absolute Gasteiger partial charge is 0.151 e. The van der Waals surface area contributed by atoms with E-state index in [1.165, 1.54) is 0 Å². The van der Waals surface area contributed by atoms with Crippen LogP contribution in [0, 0.1) is 5.41 Å². The molecule has 1 aromatic rings. The Balaban J connectivity index is 2.33. The Morgan fingerprint density at radius 1 is 1.33 bits per heavy atom. The minimum absolute atomic E-state index is 0.0330. The van der Waals surface area contributed by atoms with Gasteiger partial charge in [0.1, 0.15) is 0 Å². The van der Waals surface area contributed by atoms with Crippen molar-refractivity contribution in [3.8, 4) is 0 Å². The van der Waals surface area contributed by atoms with Gasteiger partial charge >= 0.3 is 0 Å². The molecule has 3 heteroatoms. The number of nitrogens with zero attached hydrogens (tertiary/aromatic N) is 1. The van der Waals surface area contributed by atoms with E-state index in [0.717, 1.165) is 11.3 Å². The molecule has 0 aliphatic carbocycles. The lowest BCUT2D eigenvalue weighted by atomic mass is 9.80. The van der Waals surface area contributed by atoms with Gasteiger partial charge in [0.05, 0.1) is 17.0 Å². The van der Waals surface area contributed by atoms with Crippen LogP contribution in [0.15, 0.2) is 35.5 Å². The molecule has 0 aromatic heterocycles. The van der Waals surface area contributed by atoms with Gasteiger partial charge in [-0.05, 0) is 5.56 Å². The van der Waals surface area contributed by atoms with Crippen LogP contribution in [0.4, 0.5) is 0 Å². The van der Waals surface area contributed by atoms with Gasteiger partial charge in [0.15, 0.2) is 6.10 Å². The lowest BCUT2D eigenvalue weighted by Crippen LogP contribution is -2.34. The molecule has 1 aliphatic rings. The van der Waals surface area contributed by atoms with Crippen LogP contribution < -0.4 is 0 Å². The second-order valence-corrected chi connectivity index (χ2v) is 4.58.